The Morgan fingerprint density at radius 3 is 2.33 bits per heavy atom. The molecule has 9 nitrogen and oxygen atoms in total. The van der Waals surface area contributed by atoms with Gasteiger partial charge in [-0.25, -0.2) is 4.98 Å². The second kappa shape index (κ2) is 9.90. The summed E-state index contributed by atoms with van der Waals surface area (Å²) in [6, 6.07) is 1.77. The summed E-state index contributed by atoms with van der Waals surface area (Å²) in [6.07, 6.45) is 2.12. The quantitative estimate of drug-likeness (QED) is 0.478. The minimum Gasteiger partial charge on any atom is -0.474 e. The van der Waals surface area contributed by atoms with Crippen molar-refractivity contribution in [3.8, 4) is 16.3 Å². The molecule has 0 aromatic carbocycles. The highest BCUT2D eigenvalue weighted by Gasteiger charge is 2.47. The predicted octanol–water partition coefficient (Wildman–Crippen LogP) is 2.45. The third-order valence-corrected chi connectivity index (χ3v) is 5.99. The molecule has 2 aromatic rings. The predicted molar refractivity (Wildman–Crippen MR) is 109 cm³/mol. The van der Waals surface area contributed by atoms with Crippen molar-refractivity contribution in [3.05, 3.63) is 30.0 Å². The number of carbonyl (C=O) groups excluding carboxylic acids is 3. The van der Waals surface area contributed by atoms with Crippen LogP contribution < -0.4 is 4.74 Å². The van der Waals surface area contributed by atoms with E-state index in [1.54, 1.807) is 18.5 Å². The van der Waals surface area contributed by atoms with Gasteiger partial charge < -0.3 is 18.9 Å². The molecular weight excluding hydrogens is 432 g/mol. The average Bonchev–Trinajstić information content (AvgIpc) is 3.20. The smallest absolute Gasteiger partial charge is 0.303 e. The summed E-state index contributed by atoms with van der Waals surface area (Å²) in [7, 11) is 0. The SMILES string of the molecule is CC(=O)O[C@@H]1[C@@H](OC(C)=O)[C@H](OC(C)=O)CS[C@H]1Oc1cncc(-c2nccs2)c1. The fraction of sp³-hybridized carbons (Fsp3) is 0.421. The summed E-state index contributed by atoms with van der Waals surface area (Å²) in [5.74, 6) is -0.972. The van der Waals surface area contributed by atoms with Crippen LogP contribution in [0.2, 0.25) is 0 Å². The number of thioether (sulfide) groups is 1. The van der Waals surface area contributed by atoms with Crippen LogP contribution in [0.15, 0.2) is 30.0 Å². The van der Waals surface area contributed by atoms with Gasteiger partial charge >= 0.3 is 17.9 Å². The van der Waals surface area contributed by atoms with Crippen molar-refractivity contribution in [2.45, 2.75) is 44.5 Å². The molecule has 11 heteroatoms. The molecular formula is C19H20N2O7S2. The van der Waals surface area contributed by atoms with Crippen LogP contribution in [0.3, 0.4) is 0 Å². The Morgan fingerprint density at radius 2 is 1.70 bits per heavy atom. The van der Waals surface area contributed by atoms with Gasteiger partial charge in [0.25, 0.3) is 0 Å². The summed E-state index contributed by atoms with van der Waals surface area (Å²) in [5.41, 5.74) is 0.0695. The molecule has 1 aliphatic heterocycles. The lowest BCUT2D eigenvalue weighted by Gasteiger charge is -2.39. The summed E-state index contributed by atoms with van der Waals surface area (Å²) < 4.78 is 22.1. The summed E-state index contributed by atoms with van der Waals surface area (Å²) in [6.45, 7) is 3.73. The molecule has 30 heavy (non-hydrogen) atoms. The van der Waals surface area contributed by atoms with Crippen molar-refractivity contribution in [3.63, 3.8) is 0 Å². The lowest BCUT2D eigenvalue weighted by molar-refractivity contribution is -0.186. The van der Waals surface area contributed by atoms with Gasteiger partial charge in [0.15, 0.2) is 23.7 Å². The molecule has 160 valence electrons. The minimum absolute atomic E-state index is 0.291. The molecule has 0 amide bonds. The third kappa shape index (κ3) is 5.70. The number of nitrogens with zero attached hydrogens (tertiary/aromatic N) is 2. The van der Waals surface area contributed by atoms with Gasteiger partial charge in [-0.15, -0.1) is 23.1 Å². The highest BCUT2D eigenvalue weighted by atomic mass is 32.2. The van der Waals surface area contributed by atoms with Crippen LogP contribution in [0.25, 0.3) is 10.6 Å². The number of hydrogen-bond acceptors (Lipinski definition) is 11. The van der Waals surface area contributed by atoms with Crippen molar-refractivity contribution < 1.29 is 33.3 Å². The second-order valence-corrected chi connectivity index (χ2v) is 8.39. The van der Waals surface area contributed by atoms with E-state index in [1.165, 1.54) is 50.1 Å². The summed E-state index contributed by atoms with van der Waals surface area (Å²) in [4.78, 5) is 43.3. The van der Waals surface area contributed by atoms with E-state index in [4.69, 9.17) is 18.9 Å². The number of hydrogen-bond donors (Lipinski definition) is 0. The van der Waals surface area contributed by atoms with E-state index >= 15 is 0 Å². The molecule has 0 bridgehead atoms. The van der Waals surface area contributed by atoms with Crippen molar-refractivity contribution in [1.82, 2.24) is 9.97 Å². The highest BCUT2D eigenvalue weighted by molar-refractivity contribution is 7.99. The van der Waals surface area contributed by atoms with Gasteiger partial charge in [0, 0.05) is 49.9 Å². The zero-order valence-electron chi connectivity index (χ0n) is 16.5. The van der Waals surface area contributed by atoms with Crippen LogP contribution in [-0.2, 0) is 28.6 Å². The molecule has 3 heterocycles. The van der Waals surface area contributed by atoms with Gasteiger partial charge in [-0.05, 0) is 6.07 Å². The molecule has 1 fully saturated rings. The van der Waals surface area contributed by atoms with Gasteiger partial charge in [0.1, 0.15) is 10.8 Å². The van der Waals surface area contributed by atoms with E-state index in [2.05, 4.69) is 9.97 Å². The third-order valence-electron chi connectivity index (χ3n) is 3.95. The summed E-state index contributed by atoms with van der Waals surface area (Å²) in [5, 5.41) is 2.64. The lowest BCUT2D eigenvalue weighted by atomic mass is 10.1. The molecule has 2 aromatic heterocycles. The fourth-order valence-corrected chi connectivity index (χ4v) is 4.75. The number of ether oxygens (including phenoxy) is 4. The van der Waals surface area contributed by atoms with Crippen molar-refractivity contribution in [1.29, 1.82) is 0 Å². The minimum atomic E-state index is -1.00. The van der Waals surface area contributed by atoms with Gasteiger partial charge in [-0.3, -0.25) is 19.4 Å². The van der Waals surface area contributed by atoms with Gasteiger partial charge in [-0.2, -0.15) is 0 Å². The maximum atomic E-state index is 11.7. The van der Waals surface area contributed by atoms with E-state index in [0.29, 0.717) is 11.5 Å². The number of rotatable bonds is 6. The van der Waals surface area contributed by atoms with Crippen LogP contribution in [0.4, 0.5) is 0 Å². The highest BCUT2D eigenvalue weighted by Crippen LogP contribution is 2.35. The molecule has 4 atom stereocenters. The largest absolute Gasteiger partial charge is 0.474 e. The molecule has 3 rings (SSSR count). The van der Waals surface area contributed by atoms with Crippen molar-refractivity contribution in [2.24, 2.45) is 0 Å². The Kier molecular flexibility index (Phi) is 7.27. The Morgan fingerprint density at radius 1 is 1.00 bits per heavy atom. The molecule has 0 radical (unpaired) electrons. The van der Waals surface area contributed by atoms with Crippen LogP contribution in [0.5, 0.6) is 5.75 Å². The molecule has 0 aliphatic carbocycles. The zero-order valence-corrected chi connectivity index (χ0v) is 18.1. The van der Waals surface area contributed by atoms with Gasteiger partial charge in [0.05, 0.1) is 6.20 Å². The zero-order chi connectivity index (χ0) is 21.7. The first-order valence-electron chi connectivity index (χ1n) is 8.98. The Bertz CT molecular complexity index is 906. The van der Waals surface area contributed by atoms with Crippen LogP contribution in [-0.4, -0.2) is 57.4 Å². The van der Waals surface area contributed by atoms with E-state index in [9.17, 15) is 14.4 Å². The monoisotopic (exact) mass is 452 g/mol. The first-order valence-corrected chi connectivity index (χ1v) is 10.9. The second-order valence-electron chi connectivity index (χ2n) is 6.36. The van der Waals surface area contributed by atoms with Crippen LogP contribution in [0.1, 0.15) is 20.8 Å². The number of carbonyl (C=O) groups is 3. The number of pyridine rings is 1. The lowest BCUT2D eigenvalue weighted by Crippen LogP contribution is -2.55. The maximum Gasteiger partial charge on any atom is 0.303 e. The normalized spacial score (nSPS) is 23.3. The van der Waals surface area contributed by atoms with E-state index in [-0.39, 0.29) is 0 Å². The molecule has 1 saturated heterocycles. The van der Waals surface area contributed by atoms with Crippen molar-refractivity contribution in [2.75, 3.05) is 5.75 Å². The number of thiazole rings is 1. The first-order chi connectivity index (χ1) is 14.3. The Labute approximate surface area is 181 Å². The fourth-order valence-electron chi connectivity index (χ4n) is 2.91. The Balaban J connectivity index is 1.85. The first kappa shape index (κ1) is 22.0. The molecule has 0 saturated carbocycles. The van der Waals surface area contributed by atoms with Crippen LogP contribution >= 0.6 is 23.1 Å². The molecule has 0 N–H and O–H groups in total. The van der Waals surface area contributed by atoms with E-state index in [0.717, 1.165) is 10.6 Å². The summed E-state index contributed by atoms with van der Waals surface area (Å²) >= 11 is 2.75. The number of esters is 3. The van der Waals surface area contributed by atoms with Crippen molar-refractivity contribution >= 4 is 41.0 Å². The topological polar surface area (TPSA) is 114 Å². The molecule has 1 aliphatic rings. The van der Waals surface area contributed by atoms with Gasteiger partial charge in [0.2, 0.25) is 0 Å². The van der Waals surface area contributed by atoms with E-state index in [1.807, 2.05) is 5.38 Å². The van der Waals surface area contributed by atoms with Crippen LogP contribution in [0, 0.1) is 0 Å². The number of aromatic nitrogens is 2. The molecule has 0 unspecified atom stereocenters. The average molecular weight is 453 g/mol. The van der Waals surface area contributed by atoms with Gasteiger partial charge in [-0.1, -0.05) is 0 Å². The van der Waals surface area contributed by atoms with E-state index < -0.39 is 41.7 Å². The standard InChI is InChI=1S/C19H20N2O7S2/c1-10(22)25-15-9-30-19(17(27-12(3)24)16(15)26-11(2)23)28-14-6-13(7-20-8-14)18-21-4-5-29-18/h4-8,15-17,19H,9H2,1-3H3/t15-,16+,17-,19-/m1/s1. The Hall–Kier alpha value is -2.66. The molecule has 0 spiro atoms. The maximum absolute atomic E-state index is 11.7.